The number of rotatable bonds is 9. The average molecular weight is 441 g/mol. The van der Waals surface area contributed by atoms with Crippen LogP contribution in [-0.4, -0.2) is 55.9 Å². The maximum atomic E-state index is 12.0. The van der Waals surface area contributed by atoms with Crippen LogP contribution >= 0.6 is 11.6 Å². The molecule has 0 saturated heterocycles. The first-order chi connectivity index (χ1) is 15.0. The third kappa shape index (κ3) is 5.91. The molecule has 2 heterocycles. The number of nitrogens with zero attached hydrogens (tertiary/aromatic N) is 6. The summed E-state index contributed by atoms with van der Waals surface area (Å²) >= 11 is 6.23. The molecule has 3 N–H and O–H groups in total. The molecule has 0 fully saturated rings. The lowest BCUT2D eigenvalue weighted by atomic mass is 10.1. The van der Waals surface area contributed by atoms with E-state index in [4.69, 9.17) is 16.9 Å². The van der Waals surface area contributed by atoms with Crippen molar-refractivity contribution in [3.05, 3.63) is 59.5 Å². The SMILES string of the molecule is CN(CC#N)C(=O)Cn1cc(Nc2ncc(Cl)c(NC(CO)c3ccccc3)n2)cn1. The predicted octanol–water partition coefficient (Wildman–Crippen LogP) is 2.20. The van der Waals surface area contributed by atoms with E-state index in [-0.39, 0.29) is 37.6 Å². The third-order valence-electron chi connectivity index (χ3n) is 4.36. The number of benzene rings is 1. The number of nitrogens with one attached hydrogen (secondary N) is 2. The van der Waals surface area contributed by atoms with E-state index >= 15 is 0 Å². The summed E-state index contributed by atoms with van der Waals surface area (Å²) in [4.78, 5) is 21.9. The van der Waals surface area contributed by atoms with Crippen LogP contribution in [0.1, 0.15) is 11.6 Å². The Morgan fingerprint density at radius 1 is 1.35 bits per heavy atom. The van der Waals surface area contributed by atoms with Crippen molar-refractivity contribution in [3.63, 3.8) is 0 Å². The van der Waals surface area contributed by atoms with Crippen LogP contribution in [0.2, 0.25) is 5.02 Å². The summed E-state index contributed by atoms with van der Waals surface area (Å²) in [6.45, 7) is -0.130. The number of carbonyl (C=O) groups excluding carboxylic acids is 1. The van der Waals surface area contributed by atoms with Crippen molar-refractivity contribution in [1.82, 2.24) is 24.6 Å². The quantitative estimate of drug-likeness (QED) is 0.431. The minimum atomic E-state index is -0.388. The molecule has 1 aromatic carbocycles. The monoisotopic (exact) mass is 440 g/mol. The molecule has 3 rings (SSSR count). The fraction of sp³-hybridized carbons (Fsp3) is 0.250. The number of carbonyl (C=O) groups is 1. The van der Waals surface area contributed by atoms with Gasteiger partial charge < -0.3 is 20.6 Å². The van der Waals surface area contributed by atoms with Gasteiger partial charge in [0.15, 0.2) is 5.82 Å². The summed E-state index contributed by atoms with van der Waals surface area (Å²) in [6.07, 6.45) is 4.61. The number of amides is 1. The van der Waals surface area contributed by atoms with Gasteiger partial charge in [-0.2, -0.15) is 15.3 Å². The van der Waals surface area contributed by atoms with Crippen LogP contribution in [0.15, 0.2) is 48.9 Å². The zero-order chi connectivity index (χ0) is 22.2. The molecule has 160 valence electrons. The van der Waals surface area contributed by atoms with E-state index < -0.39 is 0 Å². The Kier molecular flexibility index (Phi) is 7.37. The Hall–Kier alpha value is -3.68. The molecule has 11 heteroatoms. The molecule has 0 aliphatic rings. The number of hydrogen-bond donors (Lipinski definition) is 3. The van der Waals surface area contributed by atoms with Crippen molar-refractivity contribution in [3.8, 4) is 6.07 Å². The van der Waals surface area contributed by atoms with Gasteiger partial charge in [0.25, 0.3) is 0 Å². The number of likely N-dealkylation sites (N-methyl/N-ethyl adjacent to an activating group) is 1. The second kappa shape index (κ2) is 10.4. The van der Waals surface area contributed by atoms with Crippen LogP contribution in [-0.2, 0) is 11.3 Å². The first kappa shape index (κ1) is 22.0. The van der Waals surface area contributed by atoms with Gasteiger partial charge in [0, 0.05) is 13.2 Å². The second-order valence-electron chi connectivity index (χ2n) is 6.64. The third-order valence-corrected chi connectivity index (χ3v) is 4.64. The summed E-state index contributed by atoms with van der Waals surface area (Å²) in [7, 11) is 1.55. The highest BCUT2D eigenvalue weighted by molar-refractivity contribution is 6.32. The molecule has 0 radical (unpaired) electrons. The van der Waals surface area contributed by atoms with Gasteiger partial charge in [0.2, 0.25) is 11.9 Å². The standard InChI is InChI=1S/C20H21ClN8O2/c1-28(8-7-22)18(31)12-29-11-15(9-24-29)25-20-23-10-16(21)19(27-20)26-17(13-30)14-5-3-2-4-6-14/h2-6,9-11,17,30H,8,12-13H2,1H3,(H2,23,25,26,27). The van der Waals surface area contributed by atoms with Crippen molar-refractivity contribution in [2.75, 3.05) is 30.8 Å². The lowest BCUT2D eigenvalue weighted by Gasteiger charge is -2.18. The van der Waals surface area contributed by atoms with Crippen LogP contribution in [0.5, 0.6) is 0 Å². The predicted molar refractivity (Wildman–Crippen MR) is 116 cm³/mol. The highest BCUT2D eigenvalue weighted by Gasteiger charge is 2.15. The number of hydrogen-bond acceptors (Lipinski definition) is 8. The minimum absolute atomic E-state index is 0.00337. The number of aliphatic hydroxyl groups is 1. The van der Waals surface area contributed by atoms with Gasteiger partial charge in [-0.15, -0.1) is 0 Å². The van der Waals surface area contributed by atoms with E-state index in [9.17, 15) is 9.90 Å². The Morgan fingerprint density at radius 2 is 2.13 bits per heavy atom. The van der Waals surface area contributed by atoms with Crippen molar-refractivity contribution in [2.45, 2.75) is 12.6 Å². The van der Waals surface area contributed by atoms with Crippen molar-refractivity contribution >= 4 is 35.0 Å². The van der Waals surface area contributed by atoms with E-state index in [2.05, 4.69) is 25.7 Å². The van der Waals surface area contributed by atoms with Crippen molar-refractivity contribution in [1.29, 1.82) is 5.26 Å². The topological polar surface area (TPSA) is 132 Å². The van der Waals surface area contributed by atoms with E-state index in [0.717, 1.165) is 5.56 Å². The molecule has 1 atom stereocenters. The van der Waals surface area contributed by atoms with Crippen LogP contribution in [0, 0.1) is 11.3 Å². The summed E-state index contributed by atoms with van der Waals surface area (Å²) in [6, 6.07) is 11.0. The Morgan fingerprint density at radius 3 is 2.84 bits per heavy atom. The van der Waals surface area contributed by atoms with Gasteiger partial charge in [-0.05, 0) is 5.56 Å². The zero-order valence-corrected chi connectivity index (χ0v) is 17.5. The fourth-order valence-electron chi connectivity index (χ4n) is 2.71. The molecule has 0 aliphatic heterocycles. The number of aliphatic hydroxyl groups excluding tert-OH is 1. The maximum absolute atomic E-state index is 12.0. The lowest BCUT2D eigenvalue weighted by Crippen LogP contribution is -2.30. The molecule has 0 aliphatic carbocycles. The molecule has 10 nitrogen and oxygen atoms in total. The number of aromatic nitrogens is 4. The number of halogens is 1. The smallest absolute Gasteiger partial charge is 0.244 e. The Labute approximate surface area is 184 Å². The van der Waals surface area contributed by atoms with E-state index in [1.807, 2.05) is 36.4 Å². The van der Waals surface area contributed by atoms with Gasteiger partial charge in [-0.3, -0.25) is 9.48 Å². The number of anilines is 3. The lowest BCUT2D eigenvalue weighted by molar-refractivity contribution is -0.130. The van der Waals surface area contributed by atoms with Crippen molar-refractivity contribution < 1.29 is 9.90 Å². The fourth-order valence-corrected chi connectivity index (χ4v) is 2.86. The van der Waals surface area contributed by atoms with E-state index in [1.54, 1.807) is 13.2 Å². The number of nitriles is 1. The molecule has 1 amide bonds. The normalized spacial score (nSPS) is 11.4. The molecule has 0 bridgehead atoms. The second-order valence-corrected chi connectivity index (χ2v) is 7.05. The summed E-state index contributed by atoms with van der Waals surface area (Å²) in [5.74, 6) is 0.397. The molecule has 31 heavy (non-hydrogen) atoms. The van der Waals surface area contributed by atoms with Gasteiger partial charge in [0.05, 0.1) is 36.8 Å². The summed E-state index contributed by atoms with van der Waals surface area (Å²) in [5.41, 5.74) is 1.47. The van der Waals surface area contributed by atoms with Gasteiger partial charge in [-0.1, -0.05) is 41.9 Å². The van der Waals surface area contributed by atoms with E-state index in [1.165, 1.54) is 22.0 Å². The first-order valence-corrected chi connectivity index (χ1v) is 9.73. The van der Waals surface area contributed by atoms with E-state index in [0.29, 0.717) is 16.5 Å². The molecule has 0 spiro atoms. The largest absolute Gasteiger partial charge is 0.394 e. The highest BCUT2D eigenvalue weighted by atomic mass is 35.5. The van der Waals surface area contributed by atoms with Crippen LogP contribution in [0.4, 0.5) is 17.5 Å². The maximum Gasteiger partial charge on any atom is 0.244 e. The van der Waals surface area contributed by atoms with Crippen LogP contribution in [0.25, 0.3) is 0 Å². The minimum Gasteiger partial charge on any atom is -0.394 e. The van der Waals surface area contributed by atoms with Gasteiger partial charge in [-0.25, -0.2) is 4.98 Å². The van der Waals surface area contributed by atoms with Crippen LogP contribution in [0.3, 0.4) is 0 Å². The molecular formula is C20H21ClN8O2. The Balaban J connectivity index is 1.69. The van der Waals surface area contributed by atoms with Crippen LogP contribution < -0.4 is 10.6 Å². The van der Waals surface area contributed by atoms with Gasteiger partial charge >= 0.3 is 0 Å². The molecule has 1 unspecified atom stereocenters. The summed E-state index contributed by atoms with van der Waals surface area (Å²) < 4.78 is 1.45. The summed E-state index contributed by atoms with van der Waals surface area (Å²) in [5, 5.41) is 29.0. The molecule has 3 aromatic rings. The highest BCUT2D eigenvalue weighted by Crippen LogP contribution is 2.25. The zero-order valence-electron chi connectivity index (χ0n) is 16.7. The first-order valence-electron chi connectivity index (χ1n) is 9.35. The Bertz CT molecular complexity index is 1070. The molecular weight excluding hydrogens is 420 g/mol. The van der Waals surface area contributed by atoms with Crippen molar-refractivity contribution in [2.24, 2.45) is 0 Å². The molecule has 2 aromatic heterocycles. The van der Waals surface area contributed by atoms with Gasteiger partial charge in [0.1, 0.15) is 18.1 Å². The molecule has 0 saturated carbocycles. The average Bonchev–Trinajstić information content (AvgIpc) is 3.21.